The Kier molecular flexibility index (Phi) is 4.09. The van der Waals surface area contributed by atoms with Gasteiger partial charge in [-0.2, -0.15) is 0 Å². The molecule has 0 amide bonds. The van der Waals surface area contributed by atoms with Gasteiger partial charge in [0.25, 0.3) is 0 Å². The molecular weight excluding hydrogens is 288 g/mol. The third-order valence-corrected chi connectivity index (χ3v) is 3.95. The van der Waals surface area contributed by atoms with E-state index in [2.05, 4.69) is 43.6 Å². The first-order valence-electron chi connectivity index (χ1n) is 5.03. The molecule has 2 heterocycles. The monoisotopic (exact) mass is 300 g/mol. The summed E-state index contributed by atoms with van der Waals surface area (Å²) in [6.07, 6.45) is 2.77. The largest absolute Gasteiger partial charge is 0.320 e. The normalized spacial score (nSPS) is 10.9. The smallest absolute Gasteiger partial charge is 0.146 e. The summed E-state index contributed by atoms with van der Waals surface area (Å²) in [7, 11) is 1.95. The Morgan fingerprint density at radius 1 is 1.50 bits per heavy atom. The van der Waals surface area contributed by atoms with Crippen molar-refractivity contribution < 1.29 is 0 Å². The van der Waals surface area contributed by atoms with Gasteiger partial charge in [-0.1, -0.05) is 0 Å². The number of aryl methyl sites for hydroxylation is 1. The molecule has 0 unspecified atom stereocenters. The van der Waals surface area contributed by atoms with Gasteiger partial charge in [-0.05, 0) is 34.5 Å². The highest BCUT2D eigenvalue weighted by Crippen LogP contribution is 2.21. The van der Waals surface area contributed by atoms with Crippen LogP contribution in [0.4, 0.5) is 0 Å². The molecule has 0 saturated heterocycles. The van der Waals surface area contributed by atoms with Crippen LogP contribution in [0.3, 0.4) is 0 Å². The van der Waals surface area contributed by atoms with Crippen LogP contribution in [0.1, 0.15) is 10.7 Å². The highest BCUT2D eigenvalue weighted by molar-refractivity contribution is 9.11. The van der Waals surface area contributed by atoms with Crippen molar-refractivity contribution in [3.63, 3.8) is 0 Å². The van der Waals surface area contributed by atoms with Crippen LogP contribution in [0.15, 0.2) is 22.2 Å². The minimum atomic E-state index is 0.767. The van der Waals surface area contributed by atoms with Gasteiger partial charge >= 0.3 is 0 Å². The molecule has 0 aliphatic heterocycles. The molecule has 4 nitrogen and oxygen atoms in total. The van der Waals surface area contributed by atoms with E-state index in [0.717, 1.165) is 25.3 Å². The molecule has 6 heteroatoms. The van der Waals surface area contributed by atoms with Crippen LogP contribution >= 0.6 is 27.3 Å². The lowest BCUT2D eigenvalue weighted by Crippen LogP contribution is -2.18. The maximum Gasteiger partial charge on any atom is 0.146 e. The van der Waals surface area contributed by atoms with E-state index in [1.165, 1.54) is 8.66 Å². The number of halogens is 1. The second-order valence-corrected chi connectivity index (χ2v) is 6.04. The number of aromatic nitrogens is 3. The van der Waals surface area contributed by atoms with Gasteiger partial charge in [0.2, 0.25) is 0 Å². The third kappa shape index (κ3) is 3.13. The second-order valence-electron chi connectivity index (χ2n) is 3.49. The van der Waals surface area contributed by atoms with E-state index in [0.29, 0.717) is 0 Å². The van der Waals surface area contributed by atoms with Gasteiger partial charge in [0.1, 0.15) is 12.2 Å². The van der Waals surface area contributed by atoms with Gasteiger partial charge in [0.05, 0.1) is 10.3 Å². The summed E-state index contributed by atoms with van der Waals surface area (Å²) in [5, 5.41) is 11.2. The van der Waals surface area contributed by atoms with Crippen LogP contribution < -0.4 is 5.32 Å². The molecule has 0 bridgehead atoms. The zero-order chi connectivity index (χ0) is 11.4. The molecule has 0 radical (unpaired) electrons. The summed E-state index contributed by atoms with van der Waals surface area (Å²) in [5.41, 5.74) is 0. The first kappa shape index (κ1) is 11.8. The molecule has 0 atom stereocenters. The lowest BCUT2D eigenvalue weighted by Gasteiger charge is -2.02. The molecule has 0 saturated carbocycles. The minimum absolute atomic E-state index is 0.767. The van der Waals surface area contributed by atoms with Crippen molar-refractivity contribution in [3.05, 3.63) is 32.9 Å². The predicted octanol–water partition coefficient (Wildman–Crippen LogP) is 1.97. The van der Waals surface area contributed by atoms with Crippen molar-refractivity contribution in [1.82, 2.24) is 20.1 Å². The maximum absolute atomic E-state index is 4.01. The molecule has 0 aliphatic rings. The number of nitrogens with zero attached hydrogens (tertiary/aromatic N) is 3. The van der Waals surface area contributed by atoms with Crippen LogP contribution in [-0.2, 0) is 20.0 Å². The van der Waals surface area contributed by atoms with E-state index >= 15 is 0 Å². The fourth-order valence-corrected chi connectivity index (χ4v) is 2.85. The first-order valence-corrected chi connectivity index (χ1v) is 6.64. The van der Waals surface area contributed by atoms with E-state index in [1.807, 2.05) is 11.6 Å². The molecule has 0 fully saturated rings. The van der Waals surface area contributed by atoms with Crippen molar-refractivity contribution in [2.45, 2.75) is 13.0 Å². The fourth-order valence-electron chi connectivity index (χ4n) is 1.37. The van der Waals surface area contributed by atoms with Crippen LogP contribution in [0.2, 0.25) is 0 Å². The predicted molar refractivity (Wildman–Crippen MR) is 68.4 cm³/mol. The fraction of sp³-hybridized carbons (Fsp3) is 0.400. The molecule has 0 spiro atoms. The summed E-state index contributed by atoms with van der Waals surface area (Å²) >= 11 is 5.24. The van der Waals surface area contributed by atoms with Gasteiger partial charge in [-0.15, -0.1) is 21.5 Å². The molecule has 1 N–H and O–H groups in total. The standard InChI is InChI=1S/C10H13BrN4S/c1-15-7-13-14-10(15)6-12-5-4-8-2-3-9(11)16-8/h2-3,7,12H,4-6H2,1H3. The molecule has 16 heavy (non-hydrogen) atoms. The Morgan fingerprint density at radius 3 is 3.00 bits per heavy atom. The quantitative estimate of drug-likeness (QED) is 0.859. The molecule has 2 aromatic rings. The van der Waals surface area contributed by atoms with E-state index in [-0.39, 0.29) is 0 Å². The molecular formula is C10H13BrN4S. The van der Waals surface area contributed by atoms with Crippen molar-refractivity contribution in [2.75, 3.05) is 6.54 Å². The highest BCUT2D eigenvalue weighted by atomic mass is 79.9. The number of thiophene rings is 1. The van der Waals surface area contributed by atoms with Gasteiger partial charge in [0.15, 0.2) is 0 Å². The van der Waals surface area contributed by atoms with Crippen molar-refractivity contribution in [1.29, 1.82) is 0 Å². The van der Waals surface area contributed by atoms with Crippen LogP contribution in [0.25, 0.3) is 0 Å². The van der Waals surface area contributed by atoms with Crippen molar-refractivity contribution in [3.8, 4) is 0 Å². The average molecular weight is 301 g/mol. The summed E-state index contributed by atoms with van der Waals surface area (Å²) in [6.45, 7) is 1.73. The van der Waals surface area contributed by atoms with Crippen LogP contribution in [0, 0.1) is 0 Å². The van der Waals surface area contributed by atoms with E-state index in [1.54, 1.807) is 17.7 Å². The third-order valence-electron chi connectivity index (χ3n) is 2.27. The maximum atomic E-state index is 4.01. The second kappa shape index (κ2) is 5.56. The molecule has 2 rings (SSSR count). The molecule has 86 valence electrons. The summed E-state index contributed by atoms with van der Waals surface area (Å²) in [6, 6.07) is 4.24. The lowest BCUT2D eigenvalue weighted by molar-refractivity contribution is 0.638. The molecule has 0 aliphatic carbocycles. The zero-order valence-corrected chi connectivity index (χ0v) is 11.4. The Hall–Kier alpha value is -0.720. The summed E-state index contributed by atoms with van der Waals surface area (Å²) < 4.78 is 3.12. The summed E-state index contributed by atoms with van der Waals surface area (Å²) in [4.78, 5) is 1.39. The topological polar surface area (TPSA) is 42.7 Å². The van der Waals surface area contributed by atoms with Gasteiger partial charge < -0.3 is 9.88 Å². The average Bonchev–Trinajstić information content (AvgIpc) is 2.83. The molecule has 0 aromatic carbocycles. The number of rotatable bonds is 5. The van der Waals surface area contributed by atoms with Crippen LogP contribution in [-0.4, -0.2) is 21.3 Å². The van der Waals surface area contributed by atoms with Gasteiger partial charge in [-0.3, -0.25) is 0 Å². The molecule has 2 aromatic heterocycles. The lowest BCUT2D eigenvalue weighted by atomic mass is 10.3. The van der Waals surface area contributed by atoms with Crippen LogP contribution in [0.5, 0.6) is 0 Å². The zero-order valence-electron chi connectivity index (χ0n) is 8.98. The highest BCUT2D eigenvalue weighted by Gasteiger charge is 2.00. The Labute approximate surface area is 107 Å². The SMILES string of the molecule is Cn1cnnc1CNCCc1ccc(Br)s1. The Balaban J connectivity index is 1.71. The minimum Gasteiger partial charge on any atom is -0.320 e. The number of nitrogens with one attached hydrogen (secondary N) is 1. The van der Waals surface area contributed by atoms with Gasteiger partial charge in [-0.25, -0.2) is 0 Å². The Bertz CT molecular complexity index is 451. The van der Waals surface area contributed by atoms with Crippen molar-refractivity contribution in [2.24, 2.45) is 7.05 Å². The summed E-state index contributed by atoms with van der Waals surface area (Å²) in [5.74, 6) is 0.965. The van der Waals surface area contributed by atoms with E-state index in [4.69, 9.17) is 0 Å². The van der Waals surface area contributed by atoms with E-state index < -0.39 is 0 Å². The first-order chi connectivity index (χ1) is 7.75. The number of hydrogen-bond acceptors (Lipinski definition) is 4. The Morgan fingerprint density at radius 2 is 2.38 bits per heavy atom. The van der Waals surface area contributed by atoms with Gasteiger partial charge in [0, 0.05) is 18.5 Å². The van der Waals surface area contributed by atoms with Crippen molar-refractivity contribution >= 4 is 27.3 Å². The van der Waals surface area contributed by atoms with E-state index in [9.17, 15) is 0 Å². The number of hydrogen-bond donors (Lipinski definition) is 1.